The Bertz CT molecular complexity index is 468. The lowest BCUT2D eigenvalue weighted by molar-refractivity contribution is 0.0596. The van der Waals surface area contributed by atoms with Crippen molar-refractivity contribution in [3.63, 3.8) is 0 Å². The van der Waals surface area contributed by atoms with Crippen molar-refractivity contribution in [2.24, 2.45) is 5.92 Å². The fourth-order valence-electron chi connectivity index (χ4n) is 4.09. The molecule has 1 fully saturated rings. The van der Waals surface area contributed by atoms with Crippen LogP contribution in [0.5, 0.6) is 5.75 Å². The van der Waals surface area contributed by atoms with E-state index in [2.05, 4.69) is 55.5 Å². The first-order valence-corrected chi connectivity index (χ1v) is 8.31. The molecule has 1 aliphatic carbocycles. The highest BCUT2D eigenvalue weighted by Gasteiger charge is 2.35. The maximum absolute atomic E-state index is 5.90. The Morgan fingerprint density at radius 2 is 1.86 bits per heavy atom. The van der Waals surface area contributed by atoms with Gasteiger partial charge in [-0.3, -0.25) is 4.90 Å². The van der Waals surface area contributed by atoms with E-state index in [1.165, 1.54) is 31.2 Å². The predicted molar refractivity (Wildman–Crippen MR) is 86.7 cm³/mol. The lowest BCUT2D eigenvalue weighted by Crippen LogP contribution is -2.44. The quantitative estimate of drug-likeness (QED) is 0.924. The van der Waals surface area contributed by atoms with Gasteiger partial charge in [-0.25, -0.2) is 0 Å². The first-order valence-electron chi connectivity index (χ1n) is 8.31. The van der Waals surface area contributed by atoms with Gasteiger partial charge in [0.15, 0.2) is 0 Å². The Balaban J connectivity index is 1.76. The van der Waals surface area contributed by atoms with Crippen molar-refractivity contribution >= 4 is 0 Å². The van der Waals surface area contributed by atoms with Crippen molar-refractivity contribution in [3.05, 3.63) is 29.8 Å². The highest BCUT2D eigenvalue weighted by atomic mass is 16.5. The largest absolute Gasteiger partial charge is 0.493 e. The van der Waals surface area contributed by atoms with Crippen LogP contribution in [0.15, 0.2) is 24.3 Å². The number of ether oxygens (including phenoxy) is 1. The topological polar surface area (TPSA) is 24.5 Å². The molecule has 3 nitrogen and oxygen atoms in total. The summed E-state index contributed by atoms with van der Waals surface area (Å²) in [5.41, 5.74) is 1.37. The number of rotatable bonds is 3. The summed E-state index contributed by atoms with van der Waals surface area (Å²) in [7, 11) is 4.40. The van der Waals surface area contributed by atoms with Gasteiger partial charge in [-0.2, -0.15) is 0 Å². The van der Waals surface area contributed by atoms with Crippen LogP contribution in [0, 0.1) is 5.92 Å². The normalized spacial score (nSPS) is 32.6. The maximum Gasteiger partial charge on any atom is 0.124 e. The van der Waals surface area contributed by atoms with E-state index < -0.39 is 0 Å². The zero-order valence-electron chi connectivity index (χ0n) is 13.5. The average molecular weight is 288 g/mol. The molecule has 1 N–H and O–H groups in total. The summed E-state index contributed by atoms with van der Waals surface area (Å²) in [6.07, 6.45) is 5.19. The maximum atomic E-state index is 5.90. The molecule has 1 aliphatic heterocycles. The molecule has 116 valence electrons. The number of nitrogens with zero attached hydrogens (tertiary/aromatic N) is 1. The molecule has 1 aromatic rings. The zero-order chi connectivity index (χ0) is 14.8. The molecule has 3 heteroatoms. The van der Waals surface area contributed by atoms with E-state index in [-0.39, 0.29) is 0 Å². The summed E-state index contributed by atoms with van der Waals surface area (Å²) in [4.78, 5) is 2.62. The van der Waals surface area contributed by atoms with E-state index in [0.717, 1.165) is 12.4 Å². The van der Waals surface area contributed by atoms with Crippen LogP contribution >= 0.6 is 0 Å². The smallest absolute Gasteiger partial charge is 0.124 e. The van der Waals surface area contributed by atoms with Crippen LogP contribution in [0.25, 0.3) is 0 Å². The number of para-hydroxylation sites is 1. The SMILES string of the molecule is CNC1CCC(N(C)C2c3ccccc3OCC2C)CC1. The lowest BCUT2D eigenvalue weighted by atomic mass is 9.85. The summed E-state index contributed by atoms with van der Waals surface area (Å²) >= 11 is 0. The number of nitrogens with one attached hydrogen (secondary N) is 1. The third kappa shape index (κ3) is 2.95. The minimum atomic E-state index is 0.492. The Kier molecular flexibility index (Phi) is 4.51. The molecule has 2 unspecified atom stereocenters. The number of hydrogen-bond acceptors (Lipinski definition) is 3. The first-order chi connectivity index (χ1) is 10.2. The molecule has 1 saturated carbocycles. The number of hydrogen-bond donors (Lipinski definition) is 1. The molecule has 0 aromatic heterocycles. The summed E-state index contributed by atoms with van der Waals surface area (Å²) in [6, 6.07) is 10.5. The van der Waals surface area contributed by atoms with Gasteiger partial charge in [-0.1, -0.05) is 25.1 Å². The van der Waals surface area contributed by atoms with Gasteiger partial charge in [0, 0.05) is 29.6 Å². The second-order valence-electron chi connectivity index (χ2n) is 6.73. The molecule has 1 aromatic carbocycles. The summed E-state index contributed by atoms with van der Waals surface area (Å²) < 4.78 is 5.90. The Morgan fingerprint density at radius 3 is 2.57 bits per heavy atom. The van der Waals surface area contributed by atoms with Gasteiger partial charge in [-0.05, 0) is 45.8 Å². The van der Waals surface area contributed by atoms with Crippen molar-refractivity contribution in [3.8, 4) is 5.75 Å². The molecule has 2 aliphatic rings. The Labute approximate surface area is 128 Å². The summed E-state index contributed by atoms with van der Waals surface area (Å²) in [5.74, 6) is 1.63. The van der Waals surface area contributed by atoms with E-state index in [4.69, 9.17) is 4.74 Å². The third-order valence-electron chi connectivity index (χ3n) is 5.40. The van der Waals surface area contributed by atoms with Crippen molar-refractivity contribution in [1.29, 1.82) is 0 Å². The van der Waals surface area contributed by atoms with E-state index in [9.17, 15) is 0 Å². The van der Waals surface area contributed by atoms with Crippen molar-refractivity contribution in [1.82, 2.24) is 10.2 Å². The second kappa shape index (κ2) is 6.37. The van der Waals surface area contributed by atoms with Gasteiger partial charge in [0.25, 0.3) is 0 Å². The lowest BCUT2D eigenvalue weighted by Gasteiger charge is -2.43. The fraction of sp³-hybridized carbons (Fsp3) is 0.667. The summed E-state index contributed by atoms with van der Waals surface area (Å²) in [6.45, 7) is 3.15. The van der Waals surface area contributed by atoms with Gasteiger partial charge in [0.05, 0.1) is 6.61 Å². The highest BCUT2D eigenvalue weighted by molar-refractivity contribution is 5.38. The van der Waals surface area contributed by atoms with Crippen LogP contribution in [-0.4, -0.2) is 37.7 Å². The van der Waals surface area contributed by atoms with Crippen molar-refractivity contribution < 1.29 is 4.74 Å². The van der Waals surface area contributed by atoms with Crippen LogP contribution in [0.1, 0.15) is 44.2 Å². The van der Waals surface area contributed by atoms with Crippen LogP contribution in [0.2, 0.25) is 0 Å². The van der Waals surface area contributed by atoms with Crippen molar-refractivity contribution in [2.45, 2.75) is 50.7 Å². The number of benzene rings is 1. The summed E-state index contributed by atoms with van der Waals surface area (Å²) in [5, 5.41) is 3.43. The van der Waals surface area contributed by atoms with Crippen LogP contribution in [0.4, 0.5) is 0 Å². The average Bonchev–Trinajstić information content (AvgIpc) is 2.54. The molecule has 0 spiro atoms. The molecule has 0 bridgehead atoms. The molecular weight excluding hydrogens is 260 g/mol. The van der Waals surface area contributed by atoms with E-state index in [1.54, 1.807) is 0 Å². The molecule has 2 atom stereocenters. The fourth-order valence-corrected chi connectivity index (χ4v) is 4.09. The molecule has 0 amide bonds. The van der Waals surface area contributed by atoms with Gasteiger partial charge in [0.1, 0.15) is 5.75 Å². The molecule has 0 saturated heterocycles. The molecule has 3 rings (SSSR count). The monoisotopic (exact) mass is 288 g/mol. The molecule has 21 heavy (non-hydrogen) atoms. The van der Waals surface area contributed by atoms with E-state index in [0.29, 0.717) is 24.0 Å². The first kappa shape index (κ1) is 14.9. The van der Waals surface area contributed by atoms with Gasteiger partial charge >= 0.3 is 0 Å². The third-order valence-corrected chi connectivity index (χ3v) is 5.40. The molecule has 0 radical (unpaired) electrons. The number of fused-ring (bicyclic) bond motifs is 1. The van der Waals surface area contributed by atoms with E-state index in [1.807, 2.05) is 0 Å². The van der Waals surface area contributed by atoms with Gasteiger partial charge in [0.2, 0.25) is 0 Å². The van der Waals surface area contributed by atoms with Gasteiger partial charge in [-0.15, -0.1) is 0 Å². The molecule has 1 heterocycles. The van der Waals surface area contributed by atoms with Crippen LogP contribution in [0.3, 0.4) is 0 Å². The van der Waals surface area contributed by atoms with Gasteiger partial charge < -0.3 is 10.1 Å². The van der Waals surface area contributed by atoms with Crippen molar-refractivity contribution in [2.75, 3.05) is 20.7 Å². The minimum Gasteiger partial charge on any atom is -0.493 e. The Hall–Kier alpha value is -1.06. The standard InChI is InChI=1S/C18H28N2O/c1-13-12-21-17-7-5-4-6-16(17)18(13)20(3)15-10-8-14(19-2)9-11-15/h4-7,13-15,18-19H,8-12H2,1-3H3. The minimum absolute atomic E-state index is 0.492. The zero-order valence-corrected chi connectivity index (χ0v) is 13.5. The predicted octanol–water partition coefficient (Wildman–Crippen LogP) is 3.22. The van der Waals surface area contributed by atoms with E-state index >= 15 is 0 Å². The highest BCUT2D eigenvalue weighted by Crippen LogP contribution is 2.40. The van der Waals surface area contributed by atoms with Crippen LogP contribution in [-0.2, 0) is 0 Å². The second-order valence-corrected chi connectivity index (χ2v) is 6.73. The Morgan fingerprint density at radius 1 is 1.14 bits per heavy atom. The molecular formula is C18H28N2O. The van der Waals surface area contributed by atoms with Crippen LogP contribution < -0.4 is 10.1 Å².